The van der Waals surface area contributed by atoms with Crippen LogP contribution in [0.1, 0.15) is 51.0 Å². The highest BCUT2D eigenvalue weighted by Gasteiger charge is 2.28. The number of aromatic nitrogens is 4. The van der Waals surface area contributed by atoms with E-state index in [2.05, 4.69) is 10.2 Å². The van der Waals surface area contributed by atoms with Gasteiger partial charge < -0.3 is 9.64 Å². The van der Waals surface area contributed by atoms with Crippen LogP contribution >= 0.6 is 0 Å². The third-order valence-corrected chi connectivity index (χ3v) is 4.50. The minimum Gasteiger partial charge on any atom is -0.444 e. The maximum Gasteiger partial charge on any atom is 0.410 e. The molecule has 1 aliphatic heterocycles. The summed E-state index contributed by atoms with van der Waals surface area (Å²) >= 11 is 0. The van der Waals surface area contributed by atoms with Crippen molar-refractivity contribution in [2.45, 2.75) is 59.1 Å². The molecule has 8 heteroatoms. The summed E-state index contributed by atoms with van der Waals surface area (Å²) in [7, 11) is 0. The Morgan fingerprint density at radius 3 is 2.37 bits per heavy atom. The summed E-state index contributed by atoms with van der Waals surface area (Å²) in [5.74, 6) is 0.620. The van der Waals surface area contributed by atoms with E-state index >= 15 is 0 Å². The molecule has 1 amide bonds. The van der Waals surface area contributed by atoms with Crippen LogP contribution in [-0.2, 0) is 4.74 Å². The Labute approximate surface area is 158 Å². The van der Waals surface area contributed by atoms with Crippen LogP contribution in [0.2, 0.25) is 0 Å². The van der Waals surface area contributed by atoms with Crippen LogP contribution in [-0.4, -0.2) is 49.2 Å². The van der Waals surface area contributed by atoms with Crippen molar-refractivity contribution in [3.63, 3.8) is 0 Å². The molecular weight excluding hydrogens is 346 g/mol. The lowest BCUT2D eigenvalue weighted by atomic mass is 10.1. The van der Waals surface area contributed by atoms with Crippen LogP contribution in [0, 0.1) is 13.8 Å². The largest absolute Gasteiger partial charge is 0.444 e. The second-order valence-electron chi connectivity index (χ2n) is 8.01. The Kier molecular flexibility index (Phi) is 5.08. The summed E-state index contributed by atoms with van der Waals surface area (Å²) < 4.78 is 8.69. The van der Waals surface area contributed by atoms with Gasteiger partial charge in [-0.05, 0) is 59.6 Å². The molecule has 2 aromatic heterocycles. The summed E-state index contributed by atoms with van der Waals surface area (Å²) in [5.41, 5.74) is 1.21. The smallest absolute Gasteiger partial charge is 0.410 e. The number of amides is 1. The summed E-state index contributed by atoms with van der Waals surface area (Å²) in [5, 5.41) is 8.97. The molecule has 1 saturated heterocycles. The van der Waals surface area contributed by atoms with Gasteiger partial charge >= 0.3 is 6.09 Å². The van der Waals surface area contributed by atoms with E-state index in [1.807, 2.05) is 40.7 Å². The first-order valence-corrected chi connectivity index (χ1v) is 9.25. The molecule has 0 unspecified atom stereocenters. The molecule has 8 nitrogen and oxygen atoms in total. The monoisotopic (exact) mass is 373 g/mol. The number of piperidine rings is 1. The fourth-order valence-corrected chi connectivity index (χ4v) is 3.27. The van der Waals surface area contributed by atoms with E-state index in [1.165, 1.54) is 10.7 Å². The van der Waals surface area contributed by atoms with Crippen molar-refractivity contribution in [3.05, 3.63) is 39.9 Å². The molecule has 1 fully saturated rings. The highest BCUT2D eigenvalue weighted by atomic mass is 16.6. The zero-order chi connectivity index (χ0) is 19.8. The van der Waals surface area contributed by atoms with E-state index in [4.69, 9.17) is 4.74 Å². The topological polar surface area (TPSA) is 82.2 Å². The average Bonchev–Trinajstić information content (AvgIpc) is 2.92. The molecule has 2 aromatic rings. The van der Waals surface area contributed by atoms with Gasteiger partial charge in [-0.2, -0.15) is 5.10 Å². The molecule has 0 saturated carbocycles. The quantitative estimate of drug-likeness (QED) is 0.808. The SMILES string of the molecule is Cc1cc(C)n(-c2ccc(=O)n(C3CCN(C(=O)OC(C)(C)C)CC3)n2)n1. The van der Waals surface area contributed by atoms with Crippen LogP contribution in [0.5, 0.6) is 0 Å². The van der Waals surface area contributed by atoms with Crippen molar-refractivity contribution in [1.82, 2.24) is 24.5 Å². The van der Waals surface area contributed by atoms with Gasteiger partial charge in [0.05, 0.1) is 11.7 Å². The number of likely N-dealkylation sites (tertiary alicyclic amines) is 1. The van der Waals surface area contributed by atoms with Gasteiger partial charge in [0, 0.05) is 24.8 Å². The third-order valence-electron chi connectivity index (χ3n) is 4.50. The van der Waals surface area contributed by atoms with Crippen LogP contribution in [0.15, 0.2) is 23.0 Å². The number of hydrogen-bond donors (Lipinski definition) is 0. The van der Waals surface area contributed by atoms with Gasteiger partial charge in [-0.15, -0.1) is 5.10 Å². The molecule has 0 radical (unpaired) electrons. The molecular formula is C19H27N5O3. The Bertz CT molecular complexity index is 885. The lowest BCUT2D eigenvalue weighted by Gasteiger charge is -2.33. The van der Waals surface area contributed by atoms with Crippen LogP contribution in [0.3, 0.4) is 0 Å². The number of hydrogen-bond acceptors (Lipinski definition) is 5. The zero-order valence-electron chi connectivity index (χ0n) is 16.6. The predicted molar refractivity (Wildman–Crippen MR) is 101 cm³/mol. The van der Waals surface area contributed by atoms with Crippen LogP contribution in [0.4, 0.5) is 4.79 Å². The fourth-order valence-electron chi connectivity index (χ4n) is 3.27. The average molecular weight is 373 g/mol. The van der Waals surface area contributed by atoms with Crippen molar-refractivity contribution in [1.29, 1.82) is 0 Å². The van der Waals surface area contributed by atoms with Gasteiger partial charge in [-0.3, -0.25) is 4.79 Å². The molecule has 0 bridgehead atoms. The summed E-state index contributed by atoms with van der Waals surface area (Å²) in [4.78, 5) is 26.3. The molecule has 0 spiro atoms. The minimum absolute atomic E-state index is 0.0481. The van der Waals surface area contributed by atoms with Gasteiger partial charge in [0.2, 0.25) is 0 Å². The Morgan fingerprint density at radius 2 is 1.81 bits per heavy atom. The summed E-state index contributed by atoms with van der Waals surface area (Å²) in [6.45, 7) is 10.5. The lowest BCUT2D eigenvalue weighted by molar-refractivity contribution is 0.0183. The van der Waals surface area contributed by atoms with Gasteiger partial charge in [-0.1, -0.05) is 0 Å². The van der Waals surface area contributed by atoms with E-state index in [9.17, 15) is 9.59 Å². The molecule has 0 aliphatic carbocycles. The van der Waals surface area contributed by atoms with E-state index in [-0.39, 0.29) is 17.7 Å². The normalized spacial score (nSPS) is 15.8. The molecule has 3 rings (SSSR count). The summed E-state index contributed by atoms with van der Waals surface area (Å²) in [6.07, 6.45) is 1.01. The highest BCUT2D eigenvalue weighted by Crippen LogP contribution is 2.22. The second-order valence-corrected chi connectivity index (χ2v) is 8.01. The number of rotatable bonds is 2. The van der Waals surface area contributed by atoms with Crippen LogP contribution in [0.25, 0.3) is 5.82 Å². The van der Waals surface area contributed by atoms with Gasteiger partial charge in [0.15, 0.2) is 5.82 Å². The molecule has 1 aliphatic rings. The maximum atomic E-state index is 12.4. The third kappa shape index (κ3) is 4.37. The number of carbonyl (C=O) groups excluding carboxylic acids is 1. The molecule has 0 N–H and O–H groups in total. The van der Waals surface area contributed by atoms with E-state index in [0.29, 0.717) is 31.7 Å². The number of aryl methyl sites for hydroxylation is 2. The van der Waals surface area contributed by atoms with E-state index < -0.39 is 5.60 Å². The Balaban J connectivity index is 1.75. The van der Waals surface area contributed by atoms with Gasteiger partial charge in [0.1, 0.15) is 5.60 Å². The first kappa shape index (κ1) is 19.1. The van der Waals surface area contributed by atoms with Crippen LogP contribution < -0.4 is 5.56 Å². The van der Waals surface area contributed by atoms with E-state index in [1.54, 1.807) is 15.6 Å². The maximum absolute atomic E-state index is 12.4. The molecule has 27 heavy (non-hydrogen) atoms. The first-order chi connectivity index (χ1) is 12.6. The highest BCUT2D eigenvalue weighted by molar-refractivity contribution is 5.68. The Morgan fingerprint density at radius 1 is 1.15 bits per heavy atom. The van der Waals surface area contributed by atoms with Gasteiger partial charge in [0.25, 0.3) is 5.56 Å². The number of ether oxygens (including phenoxy) is 1. The van der Waals surface area contributed by atoms with Crippen molar-refractivity contribution in [2.24, 2.45) is 0 Å². The van der Waals surface area contributed by atoms with Gasteiger partial charge in [-0.25, -0.2) is 14.2 Å². The first-order valence-electron chi connectivity index (χ1n) is 9.25. The standard InChI is InChI=1S/C19H27N5O3/c1-13-12-14(2)23(20-13)16-6-7-17(25)24(21-16)15-8-10-22(11-9-15)18(26)27-19(3,4)5/h6-7,12,15H,8-11H2,1-5H3. The molecule has 3 heterocycles. The fraction of sp³-hybridized carbons (Fsp3) is 0.579. The van der Waals surface area contributed by atoms with Crippen molar-refractivity contribution < 1.29 is 9.53 Å². The lowest BCUT2D eigenvalue weighted by Crippen LogP contribution is -2.43. The van der Waals surface area contributed by atoms with E-state index in [0.717, 1.165) is 11.4 Å². The number of carbonyl (C=O) groups is 1. The Hall–Kier alpha value is -2.64. The molecule has 146 valence electrons. The van der Waals surface area contributed by atoms with Crippen molar-refractivity contribution in [3.8, 4) is 5.82 Å². The molecule has 0 atom stereocenters. The zero-order valence-corrected chi connectivity index (χ0v) is 16.6. The summed E-state index contributed by atoms with van der Waals surface area (Å²) in [6, 6.07) is 5.14. The van der Waals surface area contributed by atoms with Crippen molar-refractivity contribution in [2.75, 3.05) is 13.1 Å². The minimum atomic E-state index is -0.513. The van der Waals surface area contributed by atoms with Crippen molar-refractivity contribution >= 4 is 6.09 Å². The second kappa shape index (κ2) is 7.17. The number of nitrogens with zero attached hydrogens (tertiary/aromatic N) is 5. The molecule has 0 aromatic carbocycles. The predicted octanol–water partition coefficient (Wildman–Crippen LogP) is 2.62.